The molecule has 0 atom stereocenters. The van der Waals surface area contributed by atoms with E-state index in [2.05, 4.69) is 21.4 Å². The van der Waals surface area contributed by atoms with Gasteiger partial charge in [0.05, 0.1) is 0 Å². The highest BCUT2D eigenvalue weighted by Gasteiger charge is 2.30. The highest BCUT2D eigenvalue weighted by Crippen LogP contribution is 2.32. The van der Waals surface area contributed by atoms with Crippen LogP contribution in [-0.4, -0.2) is 43.8 Å². The molecule has 1 aliphatic carbocycles. The van der Waals surface area contributed by atoms with Crippen LogP contribution in [0.1, 0.15) is 59.4 Å². The van der Waals surface area contributed by atoms with Crippen molar-refractivity contribution in [3.05, 3.63) is 89.6 Å². The second kappa shape index (κ2) is 10.4. The summed E-state index contributed by atoms with van der Waals surface area (Å²) in [5, 5.41) is 4.05. The van der Waals surface area contributed by atoms with Gasteiger partial charge in [-0.05, 0) is 74.6 Å². The Bertz CT molecular complexity index is 1480. The van der Waals surface area contributed by atoms with Gasteiger partial charge < -0.3 is 14.8 Å². The number of nitrogens with one attached hydrogen (secondary N) is 1. The lowest BCUT2D eigenvalue weighted by molar-refractivity contribution is 0.103. The van der Waals surface area contributed by atoms with Crippen molar-refractivity contribution in [3.63, 3.8) is 0 Å². The molecular formula is C31H33N5O2. The van der Waals surface area contributed by atoms with E-state index >= 15 is 0 Å². The van der Waals surface area contributed by atoms with E-state index in [-0.39, 0.29) is 11.8 Å². The molecule has 38 heavy (non-hydrogen) atoms. The summed E-state index contributed by atoms with van der Waals surface area (Å²) >= 11 is 0. The number of para-hydroxylation sites is 2. The van der Waals surface area contributed by atoms with Crippen molar-refractivity contribution in [3.8, 4) is 0 Å². The summed E-state index contributed by atoms with van der Waals surface area (Å²) < 4.78 is 1.98. The summed E-state index contributed by atoms with van der Waals surface area (Å²) in [6, 6.07) is 18.2. The van der Waals surface area contributed by atoms with Gasteiger partial charge in [-0.3, -0.25) is 4.79 Å². The van der Waals surface area contributed by atoms with Crippen molar-refractivity contribution in [1.29, 1.82) is 0 Å². The molecule has 2 aromatic heterocycles. The molecule has 0 bridgehead atoms. The second-order valence-corrected chi connectivity index (χ2v) is 10.6. The Morgan fingerprint density at radius 3 is 2.68 bits per heavy atom. The first-order valence-electron chi connectivity index (χ1n) is 13.6. The topological polar surface area (TPSA) is 80.1 Å². The predicted molar refractivity (Wildman–Crippen MR) is 148 cm³/mol. The summed E-state index contributed by atoms with van der Waals surface area (Å²) in [5.74, 6) is 0.537. The minimum Gasteiger partial charge on any atom is -0.350 e. The van der Waals surface area contributed by atoms with E-state index in [1.165, 1.54) is 11.9 Å². The normalized spacial score (nSPS) is 19.6. The minimum absolute atomic E-state index is 0.0303. The van der Waals surface area contributed by atoms with Crippen molar-refractivity contribution in [2.75, 3.05) is 11.9 Å². The molecule has 0 unspecified atom stereocenters. The number of rotatable bonds is 6. The molecule has 7 heteroatoms. The van der Waals surface area contributed by atoms with Crippen LogP contribution in [0, 0.1) is 5.92 Å². The Balaban J connectivity index is 1.05. The van der Waals surface area contributed by atoms with Crippen LogP contribution in [0.15, 0.2) is 67.1 Å². The number of benzene rings is 2. The van der Waals surface area contributed by atoms with E-state index < -0.39 is 0 Å². The van der Waals surface area contributed by atoms with E-state index in [1.807, 2.05) is 71.2 Å². The number of hydrogen-bond donors (Lipinski definition) is 1. The third kappa shape index (κ3) is 4.80. The molecule has 1 aliphatic heterocycles. The van der Waals surface area contributed by atoms with Crippen molar-refractivity contribution >= 4 is 28.4 Å². The van der Waals surface area contributed by atoms with E-state index in [0.29, 0.717) is 23.2 Å². The zero-order valence-corrected chi connectivity index (χ0v) is 21.8. The minimum atomic E-state index is -0.0659. The third-order valence-electron chi connectivity index (χ3n) is 8.31. The van der Waals surface area contributed by atoms with Gasteiger partial charge in [0, 0.05) is 53.7 Å². The number of carbonyl (C=O) groups is 2. The molecule has 1 fully saturated rings. The number of urea groups is 1. The van der Waals surface area contributed by atoms with Crippen LogP contribution >= 0.6 is 0 Å². The number of amides is 2. The summed E-state index contributed by atoms with van der Waals surface area (Å²) in [5.41, 5.74) is 5.21. The monoisotopic (exact) mass is 507 g/mol. The molecule has 1 N–H and O–H groups in total. The molecule has 0 radical (unpaired) electrons. The van der Waals surface area contributed by atoms with Crippen molar-refractivity contribution in [2.45, 2.75) is 51.0 Å². The maximum atomic E-state index is 13.3. The number of carbonyl (C=O) groups excluding carboxylic acids is 2. The number of nitrogens with zero attached hydrogens (tertiary/aromatic N) is 4. The Kier molecular flexibility index (Phi) is 6.66. The average Bonchev–Trinajstić information content (AvgIpc) is 3.19. The van der Waals surface area contributed by atoms with Gasteiger partial charge in [-0.25, -0.2) is 14.8 Å². The highest BCUT2D eigenvalue weighted by atomic mass is 16.2. The van der Waals surface area contributed by atoms with Crippen LogP contribution < -0.4 is 5.32 Å². The van der Waals surface area contributed by atoms with E-state index in [4.69, 9.17) is 0 Å². The summed E-state index contributed by atoms with van der Waals surface area (Å²) in [4.78, 5) is 37.0. The maximum Gasteiger partial charge on any atom is 0.322 e. The predicted octanol–water partition coefficient (Wildman–Crippen LogP) is 5.78. The fourth-order valence-electron chi connectivity index (χ4n) is 6.15. The number of fused-ring (bicyclic) bond motifs is 2. The zero-order chi connectivity index (χ0) is 26.1. The van der Waals surface area contributed by atoms with Gasteiger partial charge in [0.1, 0.15) is 12.0 Å². The summed E-state index contributed by atoms with van der Waals surface area (Å²) in [6.45, 7) is 0.770. The number of aryl methyl sites for hydroxylation is 2. The summed E-state index contributed by atoms with van der Waals surface area (Å²) in [6.07, 6.45) is 10.4. The van der Waals surface area contributed by atoms with Gasteiger partial charge in [-0.1, -0.05) is 36.4 Å². The van der Waals surface area contributed by atoms with Crippen LogP contribution in [0.2, 0.25) is 0 Å². The smallest absolute Gasteiger partial charge is 0.322 e. The zero-order valence-electron chi connectivity index (χ0n) is 21.8. The molecule has 7 nitrogen and oxygen atoms in total. The van der Waals surface area contributed by atoms with Gasteiger partial charge >= 0.3 is 6.03 Å². The molecule has 3 heterocycles. The first-order valence-corrected chi connectivity index (χ1v) is 13.6. The SMILES string of the molecule is Cn1cc(C(=O)c2cc(CCC3CCC(N4CCc5ccccc5NC4=O)CC3)ncn2)c2ccccc21. The Labute approximate surface area is 222 Å². The maximum absolute atomic E-state index is 13.3. The van der Waals surface area contributed by atoms with E-state index in [1.54, 1.807) is 0 Å². The quantitative estimate of drug-likeness (QED) is 0.336. The van der Waals surface area contributed by atoms with Crippen molar-refractivity contribution in [1.82, 2.24) is 19.4 Å². The fraction of sp³-hybridized carbons (Fsp3) is 0.355. The standard InChI is InChI=1S/C31H33N5O2/c1-35-19-26(25-7-3-5-9-29(25)35)30(37)28-18-23(32-20-33-28)13-10-21-11-14-24(15-12-21)36-17-16-22-6-2-4-8-27(22)34-31(36)38/h2-9,18-21,24H,10-17H2,1H3,(H,34,38). The number of anilines is 1. The van der Waals surface area contributed by atoms with Crippen LogP contribution in [0.25, 0.3) is 10.9 Å². The fourth-order valence-corrected chi connectivity index (χ4v) is 6.15. The van der Waals surface area contributed by atoms with Gasteiger partial charge in [0.15, 0.2) is 0 Å². The molecule has 0 saturated heterocycles. The molecule has 2 amide bonds. The van der Waals surface area contributed by atoms with Crippen LogP contribution in [0.3, 0.4) is 0 Å². The lowest BCUT2D eigenvalue weighted by atomic mass is 9.82. The number of hydrogen-bond acceptors (Lipinski definition) is 4. The van der Waals surface area contributed by atoms with E-state index in [9.17, 15) is 9.59 Å². The Morgan fingerprint density at radius 1 is 1.03 bits per heavy atom. The largest absolute Gasteiger partial charge is 0.350 e. The van der Waals surface area contributed by atoms with Gasteiger partial charge in [-0.2, -0.15) is 0 Å². The van der Waals surface area contributed by atoms with E-state index in [0.717, 1.165) is 73.8 Å². The molecule has 2 aromatic carbocycles. The van der Waals surface area contributed by atoms with Crippen LogP contribution in [0.5, 0.6) is 0 Å². The molecule has 2 aliphatic rings. The Hall–Kier alpha value is -4.00. The van der Waals surface area contributed by atoms with Crippen LogP contribution in [0.4, 0.5) is 10.5 Å². The van der Waals surface area contributed by atoms with Gasteiger partial charge in [0.25, 0.3) is 0 Å². The van der Waals surface area contributed by atoms with Crippen LogP contribution in [-0.2, 0) is 19.9 Å². The number of aromatic nitrogens is 3. The van der Waals surface area contributed by atoms with Crippen molar-refractivity contribution < 1.29 is 9.59 Å². The lowest BCUT2D eigenvalue weighted by Crippen LogP contribution is -2.44. The van der Waals surface area contributed by atoms with Gasteiger partial charge in [-0.15, -0.1) is 0 Å². The van der Waals surface area contributed by atoms with Crippen molar-refractivity contribution in [2.24, 2.45) is 13.0 Å². The number of ketones is 1. The molecule has 6 rings (SSSR count). The molecule has 0 spiro atoms. The molecule has 4 aromatic rings. The second-order valence-electron chi connectivity index (χ2n) is 10.6. The lowest BCUT2D eigenvalue weighted by Gasteiger charge is -2.36. The third-order valence-corrected chi connectivity index (χ3v) is 8.31. The first-order chi connectivity index (χ1) is 18.6. The van der Waals surface area contributed by atoms with Gasteiger partial charge in [0.2, 0.25) is 5.78 Å². The molecular weight excluding hydrogens is 474 g/mol. The average molecular weight is 508 g/mol. The summed E-state index contributed by atoms with van der Waals surface area (Å²) in [7, 11) is 1.96. The first kappa shape index (κ1) is 24.3. The highest BCUT2D eigenvalue weighted by molar-refractivity contribution is 6.15. The Morgan fingerprint density at radius 2 is 1.82 bits per heavy atom. The molecule has 194 valence electrons. The molecule has 1 saturated carbocycles.